The number of carbonyl (C=O) groups excluding carboxylic acids is 1. The quantitative estimate of drug-likeness (QED) is 0.0214. The first-order valence-corrected chi connectivity index (χ1v) is 30.6. The van der Waals surface area contributed by atoms with Crippen LogP contribution >= 0.6 is 0 Å². The third-order valence-electron chi connectivity index (χ3n) is 13.6. The van der Waals surface area contributed by atoms with Crippen molar-refractivity contribution in [2.45, 2.75) is 40.5 Å². The van der Waals surface area contributed by atoms with Crippen molar-refractivity contribution in [3.05, 3.63) is 173 Å². The van der Waals surface area contributed by atoms with Crippen LogP contribution in [0.2, 0.25) is 0 Å². The van der Waals surface area contributed by atoms with E-state index >= 15 is 0 Å². The highest BCUT2D eigenvalue weighted by atomic mass is 32.2. The Kier molecular flexibility index (Phi) is 19.8. The molecule has 9 rings (SSSR count). The number of carbonyl (C=O) groups is 1. The molecular weight excluding hydrogens is 1180 g/mol. The van der Waals surface area contributed by atoms with Crippen molar-refractivity contribution >= 4 is 110 Å². The van der Waals surface area contributed by atoms with E-state index in [4.69, 9.17) is 23.5 Å². The van der Waals surface area contributed by atoms with Gasteiger partial charge in [-0.15, -0.1) is 20.5 Å². The van der Waals surface area contributed by atoms with Gasteiger partial charge in [-0.05, 0) is 189 Å². The molecule has 0 fully saturated rings. The number of anilines is 1. The van der Waals surface area contributed by atoms with Gasteiger partial charge in [0.25, 0.3) is 26.1 Å². The van der Waals surface area contributed by atoms with Crippen molar-refractivity contribution in [2.75, 3.05) is 44.3 Å². The van der Waals surface area contributed by atoms with Gasteiger partial charge in [-0.3, -0.25) is 13.9 Å². The van der Waals surface area contributed by atoms with Gasteiger partial charge < -0.3 is 34.5 Å². The fourth-order valence-electron chi connectivity index (χ4n) is 8.86. The average molecular weight is 1240 g/mol. The molecule has 0 aliphatic carbocycles. The maximum Gasteiger partial charge on any atom is 0.268 e. The highest BCUT2D eigenvalue weighted by Gasteiger charge is 2.17. The van der Waals surface area contributed by atoms with Crippen LogP contribution in [0.5, 0.6) is 34.5 Å². The Morgan fingerprint density at radius 1 is 0.438 bits per heavy atom. The van der Waals surface area contributed by atoms with E-state index < -0.39 is 38.5 Å². The molecule has 0 saturated carbocycles. The van der Waals surface area contributed by atoms with E-state index in [1.54, 1.807) is 123 Å². The molecule has 89 heavy (non-hydrogen) atoms. The molecule has 0 bridgehead atoms. The average Bonchev–Trinajstić information content (AvgIpc) is 1.85. The highest BCUT2D eigenvalue weighted by Crippen LogP contribution is 2.43. The second-order valence-corrected chi connectivity index (χ2v) is 23.4. The molecule has 24 nitrogen and oxygen atoms in total. The minimum atomic E-state index is -4.38. The van der Waals surface area contributed by atoms with Crippen molar-refractivity contribution in [1.82, 2.24) is 0 Å². The second-order valence-electron chi connectivity index (χ2n) is 20.2. The van der Waals surface area contributed by atoms with E-state index in [0.29, 0.717) is 108 Å². The van der Waals surface area contributed by atoms with Crippen molar-refractivity contribution < 1.29 is 59.9 Å². The normalized spacial score (nSPS) is 12.2. The number of hydrogen-bond donors (Lipinski definition) is 5. The molecule has 0 spiro atoms. The minimum absolute atomic E-state index is 0.0666. The Bertz CT molecular complexity index is 4560. The molecule has 5 N–H and O–H groups in total. The summed E-state index contributed by atoms with van der Waals surface area (Å²) in [5.74, 6) is -0.0995. The SMILES string of the molecule is COc1cc(C(=O)Nc2ccc3c(OCCCCS(=O)(=O)O)cccc3c2)ccc1N=Nc1cc(OC)c(N=Nc2cc(OCCS(=O)(=O)O)c(N=Nc3cc(C)c(N=Nc4ccc5cc(N=Nc6ccc(O)cc6)ccc5c4O)cc3C)cc2C)cc1C. The van der Waals surface area contributed by atoms with Gasteiger partial charge in [-0.25, -0.2) is 0 Å². The third-order valence-corrected chi connectivity index (χ3v) is 15.1. The van der Waals surface area contributed by atoms with Crippen molar-refractivity contribution in [3.8, 4) is 34.5 Å². The van der Waals surface area contributed by atoms with Gasteiger partial charge in [0.05, 0.1) is 60.7 Å². The number of azo groups is 5. The van der Waals surface area contributed by atoms with Crippen LogP contribution in [-0.2, 0) is 20.2 Å². The van der Waals surface area contributed by atoms with E-state index in [0.717, 1.165) is 10.8 Å². The van der Waals surface area contributed by atoms with E-state index in [2.05, 4.69) is 56.5 Å². The molecule has 0 heterocycles. The molecule has 0 radical (unpaired) electrons. The monoisotopic (exact) mass is 1240 g/mol. The lowest BCUT2D eigenvalue weighted by Crippen LogP contribution is -2.12. The fourth-order valence-corrected chi connectivity index (χ4v) is 9.72. The fraction of sp³-hybridized carbons (Fsp3) is 0.190. The van der Waals surface area contributed by atoms with Gasteiger partial charge in [0.15, 0.2) is 5.75 Å². The van der Waals surface area contributed by atoms with Crippen LogP contribution in [0.3, 0.4) is 0 Å². The molecule has 0 saturated heterocycles. The molecular formula is C63H59N11O13S2. The lowest BCUT2D eigenvalue weighted by molar-refractivity contribution is 0.102. The van der Waals surface area contributed by atoms with Crippen LogP contribution in [-0.4, -0.2) is 81.0 Å². The van der Waals surface area contributed by atoms with Crippen molar-refractivity contribution in [2.24, 2.45) is 51.1 Å². The van der Waals surface area contributed by atoms with E-state index in [1.807, 2.05) is 32.0 Å². The topological polar surface area (TPSA) is 339 Å². The first kappa shape index (κ1) is 63.1. The molecule has 0 aromatic heterocycles. The number of aromatic hydroxyl groups is 2. The first-order chi connectivity index (χ1) is 42.6. The molecule has 0 atom stereocenters. The molecule has 456 valence electrons. The van der Waals surface area contributed by atoms with Gasteiger partial charge in [-0.1, -0.05) is 18.2 Å². The summed E-state index contributed by atoms with van der Waals surface area (Å²) in [6, 6.07) is 40.6. The second kappa shape index (κ2) is 28.0. The molecule has 26 heteroatoms. The lowest BCUT2D eigenvalue weighted by Gasteiger charge is -2.12. The zero-order valence-corrected chi connectivity index (χ0v) is 50.5. The summed E-state index contributed by atoms with van der Waals surface area (Å²) in [6.45, 7) is 7.05. The van der Waals surface area contributed by atoms with Crippen molar-refractivity contribution in [1.29, 1.82) is 0 Å². The number of amides is 1. The number of ether oxygens (including phenoxy) is 4. The number of rotatable bonds is 24. The number of benzene rings is 9. The molecule has 0 unspecified atom stereocenters. The van der Waals surface area contributed by atoms with E-state index in [1.165, 1.54) is 32.4 Å². The number of aryl methyl sites for hydroxylation is 4. The number of nitrogens with zero attached hydrogens (tertiary/aromatic N) is 10. The van der Waals surface area contributed by atoms with Gasteiger partial charge >= 0.3 is 0 Å². The summed E-state index contributed by atoms with van der Waals surface area (Å²) < 4.78 is 87.0. The highest BCUT2D eigenvalue weighted by molar-refractivity contribution is 7.86. The smallest absolute Gasteiger partial charge is 0.268 e. The molecule has 9 aromatic carbocycles. The van der Waals surface area contributed by atoms with Gasteiger partial charge in [0.2, 0.25) is 0 Å². The van der Waals surface area contributed by atoms with Crippen LogP contribution in [0.25, 0.3) is 21.5 Å². The maximum absolute atomic E-state index is 13.5. The Morgan fingerprint density at radius 2 is 0.944 bits per heavy atom. The Morgan fingerprint density at radius 3 is 1.58 bits per heavy atom. The maximum atomic E-state index is 13.5. The predicted octanol–water partition coefficient (Wildman–Crippen LogP) is 17.3. The number of phenolic OH excluding ortho intramolecular Hbond substituents is 2. The standard InChI is InChI=1S/C63H59N11O13S2/c1-37-29-53(38(2)28-52(37)69-68-51-23-12-42-33-46(17-21-49(42)62(51)76)66-65-44-14-18-47(75)19-15-44)70-74-57-31-40(4)55(36-61(57)87-25-27-89(81,82)83)72-73-56-30-39(3)54(35-60(56)85-6)71-67-50-22-13-43(34-59(50)84-5)63(77)64-45-16-20-48-41(32-45)10-9-11-58(48)86-24-7-8-26-88(78,79)80/h9-23,28-36,75-76H,7-8,24-27H2,1-6H3,(H,64,77)(H,78,79,80)(H,81,82,83). The summed E-state index contributed by atoms with van der Waals surface area (Å²) >= 11 is 0. The van der Waals surface area contributed by atoms with E-state index in [9.17, 15) is 36.4 Å². The Labute approximate surface area is 511 Å². The third kappa shape index (κ3) is 16.8. The zero-order valence-electron chi connectivity index (χ0n) is 48.9. The summed E-state index contributed by atoms with van der Waals surface area (Å²) in [5.41, 5.74) is 7.51. The van der Waals surface area contributed by atoms with Crippen LogP contribution in [0.1, 0.15) is 45.5 Å². The molecule has 9 aromatic rings. The summed E-state index contributed by atoms with van der Waals surface area (Å²) in [6.07, 6.45) is 0.688. The zero-order chi connectivity index (χ0) is 63.4. The van der Waals surface area contributed by atoms with Crippen LogP contribution < -0.4 is 24.3 Å². The largest absolute Gasteiger partial charge is 0.508 e. The summed E-state index contributed by atoms with van der Waals surface area (Å²) in [7, 11) is -5.51. The van der Waals surface area contributed by atoms with Crippen LogP contribution in [0, 0.1) is 27.7 Å². The van der Waals surface area contributed by atoms with Gasteiger partial charge in [-0.2, -0.15) is 47.5 Å². The van der Waals surface area contributed by atoms with Gasteiger partial charge in [0, 0.05) is 34.2 Å². The summed E-state index contributed by atoms with van der Waals surface area (Å²) in [4.78, 5) is 13.5. The number of nitrogens with one attached hydrogen (secondary N) is 1. The number of hydrogen-bond acceptors (Lipinski definition) is 21. The van der Waals surface area contributed by atoms with E-state index in [-0.39, 0.29) is 53.2 Å². The molecule has 0 aliphatic heterocycles. The first-order valence-electron chi connectivity index (χ1n) is 27.4. The predicted molar refractivity (Wildman–Crippen MR) is 337 cm³/mol. The summed E-state index contributed by atoms with van der Waals surface area (Å²) in [5, 5.41) is 70.6. The van der Waals surface area contributed by atoms with Crippen LogP contribution in [0.15, 0.2) is 197 Å². The molecule has 1 amide bonds. The molecule has 0 aliphatic rings. The number of unbranched alkanes of at least 4 members (excludes halogenated alkanes) is 1. The lowest BCUT2D eigenvalue weighted by atomic mass is 10.1. The number of fused-ring (bicyclic) bond motifs is 2. The van der Waals surface area contributed by atoms with Crippen molar-refractivity contribution in [3.63, 3.8) is 0 Å². The number of methoxy groups -OCH3 is 2. The van der Waals surface area contributed by atoms with Crippen LogP contribution in [0.4, 0.5) is 62.6 Å². The van der Waals surface area contributed by atoms with Gasteiger partial charge in [0.1, 0.15) is 63.9 Å². The number of phenols is 2. The Balaban J connectivity index is 0.871. The Hall–Kier alpha value is -10.4. The minimum Gasteiger partial charge on any atom is -0.508 e.